The predicted molar refractivity (Wildman–Crippen MR) is 49.0 cm³/mol. The van der Waals surface area contributed by atoms with Crippen molar-refractivity contribution >= 4 is 11.6 Å². The molecule has 0 aliphatic carbocycles. The van der Waals surface area contributed by atoms with Gasteiger partial charge in [-0.2, -0.15) is 0 Å². The summed E-state index contributed by atoms with van der Waals surface area (Å²) in [5.74, 6) is -0.311. The molecular weight excluding hydrogens is 171 g/mol. The van der Waals surface area contributed by atoms with Gasteiger partial charge < -0.3 is 4.90 Å². The highest BCUT2D eigenvalue weighted by Gasteiger charge is 2.08. The predicted octanol–water partition coefficient (Wildman–Crippen LogP) is 1.12. The molecule has 0 spiro atoms. The van der Waals surface area contributed by atoms with Gasteiger partial charge in [-0.25, -0.2) is 0 Å². The quantitative estimate of drug-likeness (QED) is 0.710. The number of amides is 1. The second-order valence-electron chi connectivity index (χ2n) is 2.60. The molecule has 0 aliphatic rings. The Balaban J connectivity index is 2.68. The van der Waals surface area contributed by atoms with Crippen LogP contribution in [-0.2, 0) is 4.79 Å². The zero-order valence-corrected chi connectivity index (χ0v) is 7.33. The average molecular weight is 182 g/mol. The summed E-state index contributed by atoms with van der Waals surface area (Å²) in [6.45, 7) is -0.300. The Bertz CT molecular complexity index is 276. The van der Waals surface area contributed by atoms with Crippen molar-refractivity contribution in [2.75, 3.05) is 18.5 Å². The van der Waals surface area contributed by atoms with E-state index in [1.807, 2.05) is 18.2 Å². The van der Waals surface area contributed by atoms with Crippen LogP contribution < -0.4 is 10.4 Å². The van der Waals surface area contributed by atoms with Crippen LogP contribution in [0.15, 0.2) is 30.3 Å². The van der Waals surface area contributed by atoms with Gasteiger partial charge in [-0.05, 0) is 12.1 Å². The highest BCUT2D eigenvalue weighted by atomic mass is 19.2. The summed E-state index contributed by atoms with van der Waals surface area (Å²) in [5.41, 5.74) is 2.08. The lowest BCUT2D eigenvalue weighted by Gasteiger charge is -2.15. The molecule has 1 aromatic carbocycles. The fraction of sp³-hybridized carbons (Fsp3) is 0.222. The highest BCUT2D eigenvalue weighted by molar-refractivity contribution is 5.94. The maximum absolute atomic E-state index is 11.6. The number of rotatable bonds is 3. The van der Waals surface area contributed by atoms with Crippen LogP contribution in [0.4, 0.5) is 10.2 Å². The van der Waals surface area contributed by atoms with E-state index in [0.717, 1.165) is 5.69 Å². The largest absolute Gasteiger partial charge is 0.314 e. The first kappa shape index (κ1) is 9.67. The summed E-state index contributed by atoms with van der Waals surface area (Å²) in [6, 6.07) is 9.07. The van der Waals surface area contributed by atoms with Crippen LogP contribution in [0.25, 0.3) is 0 Å². The minimum absolute atomic E-state index is 0.300. The minimum Gasteiger partial charge on any atom is -0.314 e. The van der Waals surface area contributed by atoms with Crippen molar-refractivity contribution in [3.8, 4) is 0 Å². The Kier molecular flexibility index (Phi) is 3.40. The zero-order chi connectivity index (χ0) is 9.68. The summed E-state index contributed by atoms with van der Waals surface area (Å²) in [6.07, 6.45) is 0. The van der Waals surface area contributed by atoms with Crippen molar-refractivity contribution in [1.29, 1.82) is 0 Å². The Morgan fingerprint density at radius 1 is 1.46 bits per heavy atom. The summed E-state index contributed by atoms with van der Waals surface area (Å²) < 4.78 is 11.6. The average Bonchev–Trinajstić information content (AvgIpc) is 2.18. The van der Waals surface area contributed by atoms with E-state index in [1.54, 1.807) is 19.2 Å². The van der Waals surface area contributed by atoms with Crippen molar-refractivity contribution in [2.45, 2.75) is 0 Å². The third-order valence-electron chi connectivity index (χ3n) is 1.74. The van der Waals surface area contributed by atoms with Gasteiger partial charge in [0.25, 0.3) is 0 Å². The number of para-hydroxylation sites is 1. The number of halogens is 1. The molecule has 3 nitrogen and oxygen atoms in total. The summed E-state index contributed by atoms with van der Waals surface area (Å²) in [7, 11) is 1.61. The van der Waals surface area contributed by atoms with E-state index < -0.39 is 0 Å². The van der Waals surface area contributed by atoms with Gasteiger partial charge in [0.2, 0.25) is 5.91 Å². The van der Waals surface area contributed by atoms with E-state index in [0.29, 0.717) is 0 Å². The lowest BCUT2D eigenvalue weighted by molar-refractivity contribution is -0.118. The van der Waals surface area contributed by atoms with Crippen LogP contribution in [0, 0.1) is 0 Å². The molecule has 0 heterocycles. The fourth-order valence-electron chi connectivity index (χ4n) is 0.971. The lowest BCUT2D eigenvalue weighted by Crippen LogP contribution is -2.32. The molecule has 0 saturated heterocycles. The maximum atomic E-state index is 11.6. The molecule has 0 aliphatic heterocycles. The number of anilines is 1. The minimum atomic E-state index is -0.311. The van der Waals surface area contributed by atoms with Crippen LogP contribution in [0.2, 0.25) is 0 Å². The fourth-order valence-corrected chi connectivity index (χ4v) is 0.971. The molecule has 1 N–H and O–H groups in total. The third kappa shape index (κ3) is 2.52. The topological polar surface area (TPSA) is 32.3 Å². The van der Waals surface area contributed by atoms with E-state index >= 15 is 0 Å². The Morgan fingerprint density at radius 2 is 2.08 bits per heavy atom. The number of hydrogen-bond acceptors (Lipinski definition) is 2. The lowest BCUT2D eigenvalue weighted by atomic mass is 10.3. The van der Waals surface area contributed by atoms with Gasteiger partial charge in [0.1, 0.15) is 6.54 Å². The number of carbonyl (C=O) groups excluding carboxylic acids is 1. The molecule has 0 radical (unpaired) electrons. The van der Waals surface area contributed by atoms with Crippen LogP contribution in [-0.4, -0.2) is 19.5 Å². The molecule has 1 rings (SSSR count). The first-order valence-corrected chi connectivity index (χ1v) is 3.91. The number of hydrogen-bond donors (Lipinski definition) is 1. The molecule has 0 fully saturated rings. The Morgan fingerprint density at radius 3 is 2.62 bits per heavy atom. The molecule has 70 valence electrons. The van der Waals surface area contributed by atoms with Gasteiger partial charge in [0, 0.05) is 12.7 Å². The molecule has 0 aromatic heterocycles. The number of carbonyl (C=O) groups is 1. The summed E-state index contributed by atoms with van der Waals surface area (Å²) in [5, 5.41) is 0. The van der Waals surface area contributed by atoms with E-state index in [-0.39, 0.29) is 12.5 Å². The van der Waals surface area contributed by atoms with Crippen molar-refractivity contribution < 1.29 is 9.28 Å². The van der Waals surface area contributed by atoms with Crippen molar-refractivity contribution in [2.24, 2.45) is 0 Å². The third-order valence-corrected chi connectivity index (χ3v) is 1.74. The van der Waals surface area contributed by atoms with Crippen LogP contribution in [0.3, 0.4) is 0 Å². The first-order valence-electron chi connectivity index (χ1n) is 3.91. The molecule has 13 heavy (non-hydrogen) atoms. The van der Waals surface area contributed by atoms with E-state index in [2.05, 4.69) is 0 Å². The highest BCUT2D eigenvalue weighted by Crippen LogP contribution is 2.10. The van der Waals surface area contributed by atoms with Gasteiger partial charge >= 0.3 is 0 Å². The van der Waals surface area contributed by atoms with E-state index in [4.69, 9.17) is 0 Å². The molecule has 0 saturated carbocycles. The molecule has 1 amide bonds. The maximum Gasteiger partial charge on any atom is 0.243 e. The Hall–Kier alpha value is -1.42. The van der Waals surface area contributed by atoms with Crippen LogP contribution in [0.5, 0.6) is 0 Å². The second-order valence-corrected chi connectivity index (χ2v) is 2.60. The van der Waals surface area contributed by atoms with E-state index in [1.165, 1.54) is 10.4 Å². The number of nitrogens with zero attached hydrogens (tertiary/aromatic N) is 1. The normalized spacial score (nSPS) is 9.69. The monoisotopic (exact) mass is 182 g/mol. The molecule has 1 aromatic rings. The molecule has 0 atom stereocenters. The van der Waals surface area contributed by atoms with Gasteiger partial charge in [0.05, 0.1) is 0 Å². The van der Waals surface area contributed by atoms with Crippen molar-refractivity contribution in [1.82, 2.24) is 5.54 Å². The summed E-state index contributed by atoms with van der Waals surface area (Å²) in [4.78, 5) is 12.6. The van der Waals surface area contributed by atoms with Gasteiger partial charge in [-0.1, -0.05) is 18.2 Å². The van der Waals surface area contributed by atoms with Crippen molar-refractivity contribution in [3.05, 3.63) is 30.3 Å². The molecule has 4 heteroatoms. The second kappa shape index (κ2) is 4.57. The first-order chi connectivity index (χ1) is 6.25. The zero-order valence-electron chi connectivity index (χ0n) is 7.33. The Labute approximate surface area is 76.1 Å². The van der Waals surface area contributed by atoms with Gasteiger partial charge in [-0.15, -0.1) is 10.0 Å². The van der Waals surface area contributed by atoms with Gasteiger partial charge in [-0.3, -0.25) is 4.79 Å². The van der Waals surface area contributed by atoms with Crippen molar-refractivity contribution in [3.63, 3.8) is 0 Å². The molecular formula is C9H11FN2O. The smallest absolute Gasteiger partial charge is 0.243 e. The number of nitrogens with one attached hydrogen (secondary N) is 1. The molecule has 0 bridgehead atoms. The summed E-state index contributed by atoms with van der Waals surface area (Å²) >= 11 is 0. The SMILES string of the molecule is CN(C(=O)CNF)c1ccccc1. The molecule has 0 unspecified atom stereocenters. The number of benzene rings is 1. The van der Waals surface area contributed by atoms with E-state index in [9.17, 15) is 9.28 Å². The standard InChI is InChI=1S/C9H11FN2O/c1-12(9(13)7-11-10)8-5-3-2-4-6-8/h2-6,11H,7H2,1H3. The van der Waals surface area contributed by atoms with Crippen LogP contribution >= 0.6 is 0 Å². The van der Waals surface area contributed by atoms with Gasteiger partial charge in [0.15, 0.2) is 0 Å². The van der Waals surface area contributed by atoms with Crippen LogP contribution in [0.1, 0.15) is 0 Å². The number of likely N-dealkylation sites (N-methyl/N-ethyl adjacent to an activating group) is 1.